The Labute approximate surface area is 197 Å². The molecule has 0 fully saturated rings. The minimum absolute atomic E-state index is 0.197. The second-order valence-corrected chi connectivity index (χ2v) is 12.3. The van der Waals surface area contributed by atoms with Crippen LogP contribution in [0.25, 0.3) is 0 Å². The van der Waals surface area contributed by atoms with E-state index in [4.69, 9.17) is 11.5 Å². The molecule has 1 rings (SSSR count). The van der Waals surface area contributed by atoms with Crippen LogP contribution in [0.1, 0.15) is 105 Å². The van der Waals surface area contributed by atoms with Gasteiger partial charge in [0.1, 0.15) is 0 Å². The van der Waals surface area contributed by atoms with Crippen LogP contribution in [0.15, 0.2) is 0 Å². The molecule has 1 aromatic rings. The fourth-order valence-corrected chi connectivity index (χ4v) is 2.30. The van der Waals surface area contributed by atoms with Crippen molar-refractivity contribution in [1.29, 1.82) is 0 Å². The predicted molar refractivity (Wildman–Crippen MR) is 141 cm³/mol. The van der Waals surface area contributed by atoms with Gasteiger partial charge in [-0.3, -0.25) is 0 Å². The molecule has 0 bridgehead atoms. The van der Waals surface area contributed by atoms with Crippen molar-refractivity contribution in [2.75, 3.05) is 11.5 Å². The van der Waals surface area contributed by atoms with Crippen molar-refractivity contribution in [2.24, 2.45) is 21.7 Å². The number of nitrogens with two attached hydrogens (primary N) is 2. The second kappa shape index (κ2) is 9.28. The Morgan fingerprint density at radius 2 is 0.562 bits per heavy atom. The molecule has 32 heavy (non-hydrogen) atoms. The lowest BCUT2D eigenvalue weighted by Gasteiger charge is -2.16. The third kappa shape index (κ3) is 9.05. The van der Waals surface area contributed by atoms with Crippen LogP contribution in [-0.2, 0) is 0 Å². The molecule has 0 amide bonds. The maximum atomic E-state index is 6.53. The predicted octanol–water partition coefficient (Wildman–Crippen LogP) is 6.44. The standard InChI is InChI=1S/C30H40N2/c1-27(2,3)17-13-21-22(14-18-28(4,5)6)24(16-20-30(10,11)12)26(32)25(31)23(21)15-19-29(7,8)9/h31-32H2,1-12H3. The first kappa shape index (κ1) is 27.1. The van der Waals surface area contributed by atoms with Gasteiger partial charge in [-0.05, 0) is 83.1 Å². The molecule has 0 atom stereocenters. The molecule has 0 aliphatic carbocycles. The number of hydrogen-bond acceptors (Lipinski definition) is 2. The van der Waals surface area contributed by atoms with Crippen LogP contribution >= 0.6 is 0 Å². The highest BCUT2D eigenvalue weighted by atomic mass is 14.7. The highest BCUT2D eigenvalue weighted by Gasteiger charge is 2.20. The highest BCUT2D eigenvalue weighted by molar-refractivity contribution is 5.86. The van der Waals surface area contributed by atoms with E-state index in [2.05, 4.69) is 130 Å². The fourth-order valence-electron chi connectivity index (χ4n) is 2.30. The average Bonchev–Trinajstić information content (AvgIpc) is 2.55. The summed E-state index contributed by atoms with van der Waals surface area (Å²) in [6.07, 6.45) is 0. The Kier molecular flexibility index (Phi) is 7.86. The Hall–Kier alpha value is -2.94. The van der Waals surface area contributed by atoms with Crippen molar-refractivity contribution in [3.8, 4) is 47.4 Å². The minimum Gasteiger partial charge on any atom is -0.396 e. The van der Waals surface area contributed by atoms with Crippen LogP contribution in [0.3, 0.4) is 0 Å². The normalized spacial score (nSPS) is 11.6. The zero-order chi connectivity index (χ0) is 25.1. The van der Waals surface area contributed by atoms with E-state index in [1.165, 1.54) is 0 Å². The van der Waals surface area contributed by atoms with Crippen molar-refractivity contribution in [3.63, 3.8) is 0 Å². The van der Waals surface area contributed by atoms with E-state index in [1.54, 1.807) is 0 Å². The smallest absolute Gasteiger partial charge is 0.0733 e. The summed E-state index contributed by atoms with van der Waals surface area (Å²) in [7, 11) is 0. The number of nitrogen functional groups attached to an aromatic ring is 2. The lowest BCUT2D eigenvalue weighted by molar-refractivity contribution is 0.570. The fraction of sp³-hybridized carbons (Fsp3) is 0.533. The molecule has 2 heteroatoms. The molecule has 0 spiro atoms. The third-order valence-electron chi connectivity index (χ3n) is 3.83. The van der Waals surface area contributed by atoms with Gasteiger partial charge in [0.05, 0.1) is 33.6 Å². The van der Waals surface area contributed by atoms with Gasteiger partial charge in [0.15, 0.2) is 0 Å². The van der Waals surface area contributed by atoms with E-state index >= 15 is 0 Å². The highest BCUT2D eigenvalue weighted by Crippen LogP contribution is 2.32. The van der Waals surface area contributed by atoms with Crippen LogP contribution in [0, 0.1) is 69.0 Å². The van der Waals surface area contributed by atoms with Gasteiger partial charge in [0.2, 0.25) is 0 Å². The van der Waals surface area contributed by atoms with Gasteiger partial charge in [-0.1, -0.05) is 47.4 Å². The Morgan fingerprint density at radius 1 is 0.375 bits per heavy atom. The molecule has 0 aliphatic heterocycles. The molecule has 1 aromatic carbocycles. The van der Waals surface area contributed by atoms with Crippen LogP contribution in [-0.4, -0.2) is 0 Å². The average molecular weight is 429 g/mol. The zero-order valence-corrected chi connectivity index (χ0v) is 22.2. The number of benzene rings is 1. The SMILES string of the molecule is CC(C)(C)C#Cc1c(N)c(N)c(C#CC(C)(C)C)c(C#CC(C)(C)C)c1C#CC(C)(C)C. The van der Waals surface area contributed by atoms with Gasteiger partial charge < -0.3 is 11.5 Å². The maximum Gasteiger partial charge on any atom is 0.0733 e. The van der Waals surface area contributed by atoms with E-state index < -0.39 is 0 Å². The van der Waals surface area contributed by atoms with Gasteiger partial charge >= 0.3 is 0 Å². The molecule has 0 saturated carbocycles. The Bertz CT molecular complexity index is 1030. The monoisotopic (exact) mass is 428 g/mol. The summed E-state index contributed by atoms with van der Waals surface area (Å²) >= 11 is 0. The van der Waals surface area contributed by atoms with Crippen molar-refractivity contribution < 1.29 is 0 Å². The first-order chi connectivity index (χ1) is 14.2. The third-order valence-corrected chi connectivity index (χ3v) is 3.83. The molecule has 0 aromatic heterocycles. The first-order valence-electron chi connectivity index (χ1n) is 11.1. The van der Waals surface area contributed by atoms with Gasteiger partial charge in [-0.25, -0.2) is 0 Å². The molecule has 0 aliphatic rings. The van der Waals surface area contributed by atoms with E-state index in [0.717, 1.165) is 0 Å². The molecule has 0 saturated heterocycles. The number of rotatable bonds is 0. The van der Waals surface area contributed by atoms with Crippen molar-refractivity contribution in [1.82, 2.24) is 0 Å². The second-order valence-electron chi connectivity index (χ2n) is 12.3. The van der Waals surface area contributed by atoms with Crippen LogP contribution in [0.4, 0.5) is 11.4 Å². The van der Waals surface area contributed by atoms with Gasteiger partial charge in [0.25, 0.3) is 0 Å². The Balaban J connectivity index is 4.28. The first-order valence-corrected chi connectivity index (χ1v) is 11.1. The van der Waals surface area contributed by atoms with Crippen molar-refractivity contribution in [3.05, 3.63) is 22.3 Å². The summed E-state index contributed by atoms with van der Waals surface area (Å²) in [5, 5.41) is 0. The van der Waals surface area contributed by atoms with Crippen LogP contribution in [0.2, 0.25) is 0 Å². The summed E-state index contributed by atoms with van der Waals surface area (Å²) in [6.45, 7) is 24.8. The van der Waals surface area contributed by atoms with Crippen molar-refractivity contribution in [2.45, 2.75) is 83.1 Å². The van der Waals surface area contributed by atoms with E-state index in [1.807, 2.05) is 0 Å². The summed E-state index contributed by atoms with van der Waals surface area (Å²) in [4.78, 5) is 0. The lowest BCUT2D eigenvalue weighted by Crippen LogP contribution is -2.10. The van der Waals surface area contributed by atoms with Gasteiger partial charge in [-0.2, -0.15) is 0 Å². The topological polar surface area (TPSA) is 52.0 Å². The molecule has 0 radical (unpaired) electrons. The summed E-state index contributed by atoms with van der Waals surface area (Å²) in [5.41, 5.74) is 15.8. The quantitative estimate of drug-likeness (QED) is 0.369. The molecule has 170 valence electrons. The summed E-state index contributed by atoms with van der Waals surface area (Å²) < 4.78 is 0. The van der Waals surface area contributed by atoms with Gasteiger partial charge in [-0.15, -0.1) is 0 Å². The molecular weight excluding hydrogens is 388 g/mol. The largest absolute Gasteiger partial charge is 0.396 e. The minimum atomic E-state index is -0.198. The molecule has 0 heterocycles. The van der Waals surface area contributed by atoms with Gasteiger partial charge in [0, 0.05) is 21.7 Å². The van der Waals surface area contributed by atoms with Crippen molar-refractivity contribution >= 4 is 11.4 Å². The van der Waals surface area contributed by atoms with E-state index in [9.17, 15) is 0 Å². The van der Waals surface area contributed by atoms with E-state index in [0.29, 0.717) is 33.6 Å². The number of anilines is 2. The van der Waals surface area contributed by atoms with E-state index in [-0.39, 0.29) is 21.7 Å². The lowest BCUT2D eigenvalue weighted by atomic mass is 9.88. The molecule has 2 nitrogen and oxygen atoms in total. The Morgan fingerprint density at radius 3 is 0.750 bits per heavy atom. The summed E-state index contributed by atoms with van der Waals surface area (Å²) in [5.74, 6) is 26.4. The van der Waals surface area contributed by atoms with Crippen LogP contribution < -0.4 is 11.5 Å². The number of hydrogen-bond donors (Lipinski definition) is 2. The molecular formula is C30H40N2. The van der Waals surface area contributed by atoms with Crippen LogP contribution in [0.5, 0.6) is 0 Å². The summed E-state index contributed by atoms with van der Waals surface area (Å²) in [6, 6.07) is 0. The molecule has 4 N–H and O–H groups in total. The molecule has 0 unspecified atom stereocenters. The zero-order valence-electron chi connectivity index (χ0n) is 22.2. The maximum absolute atomic E-state index is 6.53.